The summed E-state index contributed by atoms with van der Waals surface area (Å²) >= 11 is 0. The fraction of sp³-hybridized carbons (Fsp3) is 0.133. The second-order valence-corrected chi connectivity index (χ2v) is 16.6. The molecule has 0 radical (unpaired) electrons. The van der Waals surface area contributed by atoms with Gasteiger partial charge in [-0.1, -0.05) is 170 Å². The molecule has 2 N–H and O–H groups in total. The minimum Gasteiger partial charge on any atom is -0.459 e. The van der Waals surface area contributed by atoms with E-state index in [1.165, 1.54) is 0 Å². The Balaban J connectivity index is 1.14. The van der Waals surface area contributed by atoms with Gasteiger partial charge in [0.25, 0.3) is 0 Å². The lowest BCUT2D eigenvalue weighted by Gasteiger charge is -2.21. The molecule has 0 fully saturated rings. The number of amides is 2. The summed E-state index contributed by atoms with van der Waals surface area (Å²) in [7, 11) is 0. The van der Waals surface area contributed by atoms with E-state index in [1.54, 1.807) is 12.1 Å². The third kappa shape index (κ3) is 14.9. The van der Waals surface area contributed by atoms with Crippen molar-refractivity contribution in [1.29, 1.82) is 0 Å². The molecule has 0 aromatic heterocycles. The van der Waals surface area contributed by atoms with Gasteiger partial charge in [-0.05, 0) is 81.9 Å². The van der Waals surface area contributed by atoms with Gasteiger partial charge in [0.05, 0.1) is 0 Å². The van der Waals surface area contributed by atoms with Crippen molar-refractivity contribution in [3.8, 4) is 34.1 Å². The van der Waals surface area contributed by atoms with Crippen molar-refractivity contribution in [3.05, 3.63) is 252 Å². The lowest BCUT2D eigenvalue weighted by molar-refractivity contribution is -0.148. The summed E-state index contributed by atoms with van der Waals surface area (Å²) in [6.07, 6.45) is -1.62. The molecule has 0 unspecified atom stereocenters. The Morgan fingerprint density at radius 1 is 0.333 bits per heavy atom. The lowest BCUT2D eigenvalue weighted by Crippen LogP contribution is -2.43. The first-order valence-corrected chi connectivity index (χ1v) is 23.4. The molecule has 0 saturated carbocycles. The van der Waals surface area contributed by atoms with Gasteiger partial charge in [0.2, 0.25) is 0 Å². The Kier molecular flexibility index (Phi) is 17.4. The zero-order chi connectivity index (χ0) is 49.7. The molecule has 362 valence electrons. The molecule has 0 aliphatic rings. The maximum Gasteiger partial charge on any atom is 0.408 e. The second-order valence-electron chi connectivity index (χ2n) is 16.6. The van der Waals surface area contributed by atoms with Crippen molar-refractivity contribution >= 4 is 24.1 Å². The first-order valence-electron chi connectivity index (χ1n) is 23.4. The molecule has 0 heterocycles. The average molecular weight is 961 g/mol. The summed E-state index contributed by atoms with van der Waals surface area (Å²) in [5.74, 6) is 0.629. The molecule has 8 aromatic rings. The Labute approximate surface area is 418 Å². The van der Waals surface area contributed by atoms with Gasteiger partial charge < -0.3 is 39.1 Å². The lowest BCUT2D eigenvalue weighted by atomic mass is 9.94. The third-order valence-electron chi connectivity index (χ3n) is 11.2. The van der Waals surface area contributed by atoms with Gasteiger partial charge >= 0.3 is 24.1 Å². The summed E-state index contributed by atoms with van der Waals surface area (Å²) in [4.78, 5) is 54.7. The smallest absolute Gasteiger partial charge is 0.408 e. The molecule has 0 aliphatic heterocycles. The van der Waals surface area contributed by atoms with E-state index in [-0.39, 0.29) is 39.3 Å². The number of ether oxygens (including phenoxy) is 6. The van der Waals surface area contributed by atoms with Crippen molar-refractivity contribution < 1.29 is 47.6 Å². The highest BCUT2D eigenvalue weighted by atomic mass is 16.6. The molecule has 72 heavy (non-hydrogen) atoms. The number of rotatable bonds is 21. The van der Waals surface area contributed by atoms with Crippen molar-refractivity contribution in [2.45, 2.75) is 51.4 Å². The van der Waals surface area contributed by atoms with Gasteiger partial charge in [0.1, 0.15) is 61.5 Å². The molecule has 0 saturated heterocycles. The van der Waals surface area contributed by atoms with E-state index in [9.17, 15) is 19.2 Å². The Bertz CT molecular complexity index is 2790. The van der Waals surface area contributed by atoms with Gasteiger partial charge in [0.15, 0.2) is 0 Å². The highest BCUT2D eigenvalue weighted by molar-refractivity contribution is 5.84. The number of esters is 2. The monoisotopic (exact) mass is 960 g/mol. The summed E-state index contributed by atoms with van der Waals surface area (Å²) in [6.45, 7) is -0.0475. The van der Waals surface area contributed by atoms with Crippen LogP contribution in [0, 0.1) is 0 Å². The normalized spacial score (nSPS) is 11.5. The minimum atomic E-state index is -1.17. The van der Waals surface area contributed by atoms with Crippen LogP contribution in [-0.4, -0.2) is 36.2 Å². The van der Waals surface area contributed by atoms with E-state index in [0.29, 0.717) is 45.3 Å². The highest BCUT2D eigenvalue weighted by Crippen LogP contribution is 2.42. The van der Waals surface area contributed by atoms with Crippen molar-refractivity contribution in [2.75, 3.05) is 0 Å². The SMILES string of the molecule is O=C(N[C@@H](Cc1ccc(Oc2ccccc2)c(-c2cc(C[C@H](NC(=O)OCc3ccccc3)C(=O)OCc3ccccc3)ccc2Oc2ccccc2)c1)C(=O)OCc1ccccc1)OCc1ccccc1. The molecule has 0 bridgehead atoms. The van der Waals surface area contributed by atoms with Crippen LogP contribution in [-0.2, 0) is 67.8 Å². The van der Waals surface area contributed by atoms with E-state index < -0.39 is 36.2 Å². The zero-order valence-corrected chi connectivity index (χ0v) is 39.3. The van der Waals surface area contributed by atoms with Crippen molar-refractivity contribution in [1.82, 2.24) is 10.6 Å². The summed E-state index contributed by atoms with van der Waals surface area (Å²) in [6, 6.07) is 64.0. The number of benzene rings is 8. The van der Waals surface area contributed by atoms with Gasteiger partial charge in [-0.25, -0.2) is 19.2 Å². The quantitative estimate of drug-likeness (QED) is 0.0527. The van der Waals surface area contributed by atoms with Crippen LogP contribution in [0.3, 0.4) is 0 Å². The standard InChI is InChI=1S/C60H52N2O10/c63-57(67-39-43-19-7-1-8-20-43)53(61-59(65)69-41-45-23-11-3-12-24-45)37-47-31-33-55(71-49-27-15-5-16-28-49)51(35-47)52-36-48(32-34-56(52)72-50-29-17-6-18-30-50)38-54(58(64)68-40-44-21-9-2-10-22-44)62-60(66)70-42-46-25-13-4-14-26-46/h1-36,53-54H,37-42H2,(H,61,65)(H,62,66)/t53-,54-/m0/s1. The first-order chi connectivity index (χ1) is 35.3. The Morgan fingerprint density at radius 3 is 0.944 bits per heavy atom. The molecule has 12 nitrogen and oxygen atoms in total. The molecule has 2 amide bonds. The predicted molar refractivity (Wildman–Crippen MR) is 272 cm³/mol. The number of carbonyl (C=O) groups excluding carboxylic acids is 4. The summed E-state index contributed by atoms with van der Waals surface area (Å²) < 4.78 is 35.8. The van der Waals surface area contributed by atoms with Crippen molar-refractivity contribution in [3.63, 3.8) is 0 Å². The molecule has 0 spiro atoms. The fourth-order valence-electron chi connectivity index (χ4n) is 7.57. The molecular formula is C60H52N2O10. The predicted octanol–water partition coefficient (Wildman–Crippen LogP) is 12.1. The van der Waals surface area contributed by atoms with E-state index in [1.807, 2.05) is 206 Å². The van der Waals surface area contributed by atoms with Crippen LogP contribution >= 0.6 is 0 Å². The summed E-state index contributed by atoms with van der Waals surface area (Å²) in [5.41, 5.74) is 5.44. The molecule has 0 aliphatic carbocycles. The number of carbonyl (C=O) groups is 4. The molecule has 12 heteroatoms. The second kappa shape index (κ2) is 25.4. The Morgan fingerprint density at radius 2 is 0.625 bits per heavy atom. The maximum absolute atomic E-state index is 14.0. The van der Waals surface area contributed by atoms with E-state index in [0.717, 1.165) is 22.3 Å². The van der Waals surface area contributed by atoms with E-state index in [4.69, 9.17) is 28.4 Å². The third-order valence-corrected chi connectivity index (χ3v) is 11.2. The van der Waals surface area contributed by atoms with Gasteiger partial charge in [-0.15, -0.1) is 0 Å². The van der Waals surface area contributed by atoms with Crippen molar-refractivity contribution in [2.24, 2.45) is 0 Å². The minimum absolute atomic E-state index is 0.00835. The average Bonchev–Trinajstić information content (AvgIpc) is 3.42. The zero-order valence-electron chi connectivity index (χ0n) is 39.3. The maximum atomic E-state index is 14.0. The number of nitrogens with one attached hydrogen (secondary N) is 2. The van der Waals surface area contributed by atoms with Gasteiger partial charge in [-0.2, -0.15) is 0 Å². The van der Waals surface area contributed by atoms with Crippen LogP contribution in [0.4, 0.5) is 9.59 Å². The fourth-order valence-corrected chi connectivity index (χ4v) is 7.57. The van der Waals surface area contributed by atoms with Crippen LogP contribution in [0.1, 0.15) is 33.4 Å². The molecule has 8 aromatic carbocycles. The first kappa shape index (κ1) is 49.3. The van der Waals surface area contributed by atoms with Crippen LogP contribution in [0.15, 0.2) is 218 Å². The molecular weight excluding hydrogens is 909 g/mol. The number of para-hydroxylation sites is 2. The summed E-state index contributed by atoms with van der Waals surface area (Å²) in [5, 5.41) is 5.49. The number of alkyl carbamates (subject to hydrolysis) is 2. The van der Waals surface area contributed by atoms with E-state index >= 15 is 0 Å². The molecule has 2 atom stereocenters. The number of hydrogen-bond acceptors (Lipinski definition) is 10. The van der Waals surface area contributed by atoms with Crippen LogP contribution in [0.5, 0.6) is 23.0 Å². The largest absolute Gasteiger partial charge is 0.459 e. The molecule has 8 rings (SSSR count). The number of hydrogen-bond donors (Lipinski definition) is 2. The van der Waals surface area contributed by atoms with Crippen LogP contribution in [0.2, 0.25) is 0 Å². The van der Waals surface area contributed by atoms with Crippen LogP contribution in [0.25, 0.3) is 11.1 Å². The highest BCUT2D eigenvalue weighted by Gasteiger charge is 2.27. The van der Waals surface area contributed by atoms with Gasteiger partial charge in [0, 0.05) is 24.0 Å². The van der Waals surface area contributed by atoms with Gasteiger partial charge in [-0.3, -0.25) is 0 Å². The topological polar surface area (TPSA) is 148 Å². The van der Waals surface area contributed by atoms with Crippen LogP contribution < -0.4 is 20.1 Å². The van der Waals surface area contributed by atoms with E-state index in [2.05, 4.69) is 10.6 Å². The Hall–Kier alpha value is -9.16.